The minimum atomic E-state index is 0.639. The van der Waals surface area contributed by atoms with E-state index in [0.29, 0.717) is 6.04 Å². The van der Waals surface area contributed by atoms with Crippen LogP contribution in [-0.2, 0) is 13.1 Å². The molecule has 0 N–H and O–H groups in total. The van der Waals surface area contributed by atoms with Crippen LogP contribution in [0.4, 0.5) is 0 Å². The van der Waals surface area contributed by atoms with E-state index in [1.54, 1.807) is 0 Å². The molecule has 0 aliphatic carbocycles. The molecule has 2 heterocycles. The summed E-state index contributed by atoms with van der Waals surface area (Å²) in [5.41, 5.74) is 2.51. The van der Waals surface area contributed by atoms with Gasteiger partial charge >= 0.3 is 0 Å². The number of aromatic nitrogens is 2. The Bertz CT molecular complexity index is 528. The van der Waals surface area contributed by atoms with E-state index in [9.17, 15) is 0 Å². The van der Waals surface area contributed by atoms with Gasteiger partial charge in [0.05, 0.1) is 5.69 Å². The highest BCUT2D eigenvalue weighted by Gasteiger charge is 2.27. The third-order valence-electron chi connectivity index (χ3n) is 4.19. The minimum absolute atomic E-state index is 0.639. The molecule has 3 rings (SSSR count). The Hall–Kier alpha value is -1.30. The lowest BCUT2D eigenvalue weighted by molar-refractivity contribution is 0.190. The summed E-state index contributed by atoms with van der Waals surface area (Å²) in [6, 6.07) is 11.4. The fourth-order valence-corrected chi connectivity index (χ4v) is 3.50. The summed E-state index contributed by atoms with van der Waals surface area (Å²) in [7, 11) is 0. The van der Waals surface area contributed by atoms with Crippen LogP contribution in [-0.4, -0.2) is 45.1 Å². The van der Waals surface area contributed by atoms with E-state index in [4.69, 9.17) is 0 Å². The van der Waals surface area contributed by atoms with Crippen LogP contribution in [0.2, 0.25) is 0 Å². The van der Waals surface area contributed by atoms with Crippen LogP contribution in [0.3, 0.4) is 0 Å². The maximum atomic E-state index is 4.18. The summed E-state index contributed by atoms with van der Waals surface area (Å²) in [6.07, 6.45) is 1.25. The standard InChI is InChI=1S/C16H22N4S/c1-2-20(11-15-13-21-18-17-15)16-8-9-19(12-16)10-14-6-4-3-5-7-14/h3-7,13,16H,2,8-12H2,1H3. The molecule has 0 radical (unpaired) electrons. The summed E-state index contributed by atoms with van der Waals surface area (Å²) in [5, 5.41) is 6.23. The molecule has 2 aromatic rings. The number of likely N-dealkylation sites (tertiary alicyclic amines) is 1. The van der Waals surface area contributed by atoms with E-state index in [1.165, 1.54) is 30.1 Å². The van der Waals surface area contributed by atoms with E-state index >= 15 is 0 Å². The number of nitrogens with zero attached hydrogens (tertiary/aromatic N) is 4. The molecular formula is C16H22N4S. The first-order valence-corrected chi connectivity index (χ1v) is 8.45. The van der Waals surface area contributed by atoms with Crippen molar-refractivity contribution in [1.82, 2.24) is 19.4 Å². The van der Waals surface area contributed by atoms with Crippen molar-refractivity contribution in [3.05, 3.63) is 47.0 Å². The van der Waals surface area contributed by atoms with Gasteiger partial charge < -0.3 is 0 Å². The number of hydrogen-bond donors (Lipinski definition) is 0. The minimum Gasteiger partial charge on any atom is -0.297 e. The fourth-order valence-electron chi connectivity index (χ4n) is 3.06. The first-order valence-electron chi connectivity index (χ1n) is 7.61. The summed E-state index contributed by atoms with van der Waals surface area (Å²) < 4.78 is 3.96. The molecule has 0 spiro atoms. The lowest BCUT2D eigenvalue weighted by Crippen LogP contribution is -2.37. The third kappa shape index (κ3) is 3.87. The lowest BCUT2D eigenvalue weighted by atomic mass is 10.2. The normalized spacial score (nSPS) is 19.4. The second-order valence-electron chi connectivity index (χ2n) is 5.62. The second kappa shape index (κ2) is 7.11. The molecule has 1 aromatic heterocycles. The molecular weight excluding hydrogens is 280 g/mol. The molecule has 0 amide bonds. The fraction of sp³-hybridized carbons (Fsp3) is 0.500. The van der Waals surface area contributed by atoms with Gasteiger partial charge in [-0.3, -0.25) is 9.80 Å². The van der Waals surface area contributed by atoms with Crippen molar-refractivity contribution >= 4 is 11.5 Å². The summed E-state index contributed by atoms with van der Waals surface area (Å²) in [4.78, 5) is 5.09. The van der Waals surface area contributed by atoms with Crippen LogP contribution in [0.25, 0.3) is 0 Å². The zero-order chi connectivity index (χ0) is 14.5. The molecule has 1 aromatic carbocycles. The van der Waals surface area contributed by atoms with Crippen LogP contribution in [0.5, 0.6) is 0 Å². The Kier molecular flexibility index (Phi) is 4.95. The molecule has 112 valence electrons. The molecule has 1 saturated heterocycles. The Morgan fingerprint density at radius 1 is 1.33 bits per heavy atom. The molecule has 4 nitrogen and oxygen atoms in total. The summed E-state index contributed by atoms with van der Waals surface area (Å²) >= 11 is 1.44. The number of benzene rings is 1. The highest BCUT2D eigenvalue weighted by atomic mass is 32.1. The molecule has 0 saturated carbocycles. The third-order valence-corrected chi connectivity index (χ3v) is 4.74. The molecule has 1 aliphatic heterocycles. The van der Waals surface area contributed by atoms with Gasteiger partial charge in [0.15, 0.2) is 0 Å². The maximum absolute atomic E-state index is 4.18. The maximum Gasteiger partial charge on any atom is 0.0895 e. The Morgan fingerprint density at radius 2 is 2.19 bits per heavy atom. The molecule has 1 fully saturated rings. The molecule has 1 unspecified atom stereocenters. The smallest absolute Gasteiger partial charge is 0.0895 e. The largest absolute Gasteiger partial charge is 0.297 e. The van der Waals surface area contributed by atoms with Crippen LogP contribution >= 0.6 is 11.5 Å². The van der Waals surface area contributed by atoms with Crippen molar-refractivity contribution in [2.24, 2.45) is 0 Å². The van der Waals surface area contributed by atoms with Gasteiger partial charge in [0.25, 0.3) is 0 Å². The van der Waals surface area contributed by atoms with Gasteiger partial charge in [0.2, 0.25) is 0 Å². The van der Waals surface area contributed by atoms with E-state index in [0.717, 1.165) is 31.9 Å². The van der Waals surface area contributed by atoms with Crippen molar-refractivity contribution < 1.29 is 0 Å². The van der Waals surface area contributed by atoms with E-state index in [-0.39, 0.29) is 0 Å². The first kappa shape index (κ1) is 14.6. The van der Waals surface area contributed by atoms with E-state index < -0.39 is 0 Å². The van der Waals surface area contributed by atoms with Crippen LogP contribution < -0.4 is 0 Å². The Balaban J connectivity index is 1.55. The lowest BCUT2D eigenvalue weighted by Gasteiger charge is -2.27. The van der Waals surface area contributed by atoms with E-state index in [1.807, 2.05) is 0 Å². The van der Waals surface area contributed by atoms with Gasteiger partial charge in [-0.05, 0) is 30.1 Å². The van der Waals surface area contributed by atoms with Crippen molar-refractivity contribution in [3.8, 4) is 0 Å². The second-order valence-corrected chi connectivity index (χ2v) is 6.23. The summed E-state index contributed by atoms with van der Waals surface area (Å²) in [5.74, 6) is 0. The molecule has 0 bridgehead atoms. The number of rotatable bonds is 6. The van der Waals surface area contributed by atoms with E-state index in [2.05, 4.69) is 62.0 Å². The average molecular weight is 302 g/mol. The predicted molar refractivity (Wildman–Crippen MR) is 86.1 cm³/mol. The highest BCUT2D eigenvalue weighted by Crippen LogP contribution is 2.19. The Morgan fingerprint density at radius 3 is 2.90 bits per heavy atom. The van der Waals surface area contributed by atoms with Gasteiger partial charge in [-0.1, -0.05) is 41.7 Å². The number of likely N-dealkylation sites (N-methyl/N-ethyl adjacent to an activating group) is 1. The number of hydrogen-bond acceptors (Lipinski definition) is 5. The monoisotopic (exact) mass is 302 g/mol. The van der Waals surface area contributed by atoms with Crippen LogP contribution in [0, 0.1) is 0 Å². The zero-order valence-corrected chi connectivity index (χ0v) is 13.3. The Labute approximate surface area is 130 Å². The molecule has 1 atom stereocenters. The van der Waals surface area contributed by atoms with Crippen molar-refractivity contribution in [3.63, 3.8) is 0 Å². The van der Waals surface area contributed by atoms with Crippen LogP contribution in [0.1, 0.15) is 24.6 Å². The molecule has 21 heavy (non-hydrogen) atoms. The topological polar surface area (TPSA) is 32.3 Å². The average Bonchev–Trinajstić information content (AvgIpc) is 3.17. The van der Waals surface area contributed by atoms with Crippen molar-refractivity contribution in [2.45, 2.75) is 32.5 Å². The van der Waals surface area contributed by atoms with Gasteiger partial charge in [0, 0.05) is 37.6 Å². The predicted octanol–water partition coefficient (Wildman–Crippen LogP) is 2.63. The summed E-state index contributed by atoms with van der Waals surface area (Å²) in [6.45, 7) is 7.64. The molecule has 5 heteroatoms. The van der Waals surface area contributed by atoms with Gasteiger partial charge in [-0.2, -0.15) is 0 Å². The van der Waals surface area contributed by atoms with Crippen molar-refractivity contribution in [1.29, 1.82) is 0 Å². The molecule has 1 aliphatic rings. The van der Waals surface area contributed by atoms with Gasteiger partial charge in [-0.15, -0.1) is 5.10 Å². The van der Waals surface area contributed by atoms with Crippen LogP contribution in [0.15, 0.2) is 35.7 Å². The zero-order valence-electron chi connectivity index (χ0n) is 12.5. The van der Waals surface area contributed by atoms with Gasteiger partial charge in [0.1, 0.15) is 0 Å². The van der Waals surface area contributed by atoms with Gasteiger partial charge in [-0.25, -0.2) is 0 Å². The van der Waals surface area contributed by atoms with Crippen molar-refractivity contribution in [2.75, 3.05) is 19.6 Å². The quantitative estimate of drug-likeness (QED) is 0.821. The first-order chi connectivity index (χ1) is 10.3. The SMILES string of the molecule is CCN(Cc1csnn1)C1CCN(Cc2ccccc2)C1. The highest BCUT2D eigenvalue weighted by molar-refractivity contribution is 7.03.